The van der Waals surface area contributed by atoms with Crippen molar-refractivity contribution in [3.05, 3.63) is 57.5 Å². The van der Waals surface area contributed by atoms with Gasteiger partial charge in [0, 0.05) is 6.07 Å². The molecule has 0 atom stereocenters. The largest absolute Gasteiger partial charge is 0.494 e. The van der Waals surface area contributed by atoms with E-state index in [-0.39, 0.29) is 17.2 Å². The molecule has 0 radical (unpaired) electrons. The van der Waals surface area contributed by atoms with Crippen LogP contribution in [0.25, 0.3) is 5.78 Å². The van der Waals surface area contributed by atoms with Crippen molar-refractivity contribution in [1.82, 2.24) is 19.2 Å². The maximum Gasteiger partial charge on any atom is 0.274 e. The van der Waals surface area contributed by atoms with Crippen LogP contribution in [0.4, 0.5) is 4.39 Å². The van der Waals surface area contributed by atoms with Crippen molar-refractivity contribution in [2.45, 2.75) is 33.2 Å². The molecule has 0 saturated heterocycles. The summed E-state index contributed by atoms with van der Waals surface area (Å²) in [7, 11) is 1.42. The number of rotatable bonds is 4. The lowest BCUT2D eigenvalue weighted by Gasteiger charge is -2.10. The summed E-state index contributed by atoms with van der Waals surface area (Å²) in [5.74, 6) is 0.884. The number of methoxy groups -OCH3 is 1. The van der Waals surface area contributed by atoms with E-state index in [1.54, 1.807) is 23.7 Å². The number of nitrogens with zero attached hydrogens (tertiary/aromatic N) is 4. The fourth-order valence-corrected chi connectivity index (χ4v) is 2.59. The second kappa shape index (κ2) is 6.07. The van der Waals surface area contributed by atoms with Gasteiger partial charge in [-0.2, -0.15) is 9.50 Å². The molecule has 0 aliphatic rings. The summed E-state index contributed by atoms with van der Waals surface area (Å²) < 4.78 is 21.9. The topological polar surface area (TPSA) is 61.4 Å². The molecule has 0 bridgehead atoms. The monoisotopic (exact) mass is 330 g/mol. The van der Waals surface area contributed by atoms with Crippen LogP contribution >= 0.6 is 0 Å². The molecule has 2 aromatic heterocycles. The van der Waals surface area contributed by atoms with E-state index in [9.17, 15) is 9.18 Å². The average molecular weight is 330 g/mol. The lowest BCUT2D eigenvalue weighted by Crippen LogP contribution is -2.23. The number of hydrogen-bond acceptors (Lipinski definition) is 4. The van der Waals surface area contributed by atoms with E-state index < -0.39 is 5.82 Å². The Morgan fingerprint density at radius 1 is 1.25 bits per heavy atom. The lowest BCUT2D eigenvalue weighted by atomic mass is 10.1. The normalized spacial score (nSPS) is 11.4. The molecule has 0 fully saturated rings. The molecule has 1 aromatic carbocycles. The van der Waals surface area contributed by atoms with Gasteiger partial charge in [-0.15, -0.1) is 0 Å². The van der Waals surface area contributed by atoms with Gasteiger partial charge in [0.15, 0.2) is 11.6 Å². The second-order valence-electron chi connectivity index (χ2n) is 5.97. The summed E-state index contributed by atoms with van der Waals surface area (Å²) in [6.45, 7) is 6.05. The van der Waals surface area contributed by atoms with Gasteiger partial charge in [-0.05, 0) is 30.5 Å². The number of hydrogen-bond donors (Lipinski definition) is 0. The Balaban J connectivity index is 2.08. The molecular weight excluding hydrogens is 311 g/mol. The Labute approximate surface area is 138 Å². The first-order valence-corrected chi connectivity index (χ1v) is 7.70. The van der Waals surface area contributed by atoms with E-state index in [0.29, 0.717) is 29.4 Å². The van der Waals surface area contributed by atoms with Crippen LogP contribution in [0.1, 0.15) is 36.8 Å². The molecule has 2 heterocycles. The van der Waals surface area contributed by atoms with Gasteiger partial charge in [0.05, 0.1) is 19.3 Å². The zero-order chi connectivity index (χ0) is 17.4. The average Bonchev–Trinajstić information content (AvgIpc) is 2.83. The van der Waals surface area contributed by atoms with Gasteiger partial charge in [-0.1, -0.05) is 19.9 Å². The summed E-state index contributed by atoms with van der Waals surface area (Å²) in [5.41, 5.74) is 1.22. The maximum atomic E-state index is 13.9. The Morgan fingerprint density at radius 3 is 2.62 bits per heavy atom. The number of fused-ring (bicyclic) bond motifs is 1. The first kappa shape index (κ1) is 16.2. The lowest BCUT2D eigenvalue weighted by molar-refractivity contribution is 0.386. The molecular formula is C17H19FN4O2. The number of ether oxygens (including phenoxy) is 1. The second-order valence-corrected chi connectivity index (χ2v) is 5.97. The number of aryl methyl sites for hydroxylation is 1. The van der Waals surface area contributed by atoms with Gasteiger partial charge in [-0.25, -0.2) is 9.37 Å². The first-order valence-electron chi connectivity index (χ1n) is 7.70. The molecule has 0 aliphatic heterocycles. The van der Waals surface area contributed by atoms with Crippen molar-refractivity contribution in [2.24, 2.45) is 0 Å². The van der Waals surface area contributed by atoms with Crippen LogP contribution in [-0.4, -0.2) is 26.3 Å². The Kier molecular flexibility index (Phi) is 4.09. The minimum atomic E-state index is -0.440. The number of benzene rings is 1. The summed E-state index contributed by atoms with van der Waals surface area (Å²) in [6, 6.07) is 6.24. The van der Waals surface area contributed by atoms with Crippen molar-refractivity contribution in [2.75, 3.05) is 7.11 Å². The van der Waals surface area contributed by atoms with Crippen molar-refractivity contribution in [3.63, 3.8) is 0 Å². The summed E-state index contributed by atoms with van der Waals surface area (Å²) in [6.07, 6.45) is 0. The molecule has 7 heteroatoms. The zero-order valence-corrected chi connectivity index (χ0v) is 14.1. The van der Waals surface area contributed by atoms with Gasteiger partial charge in [0.25, 0.3) is 11.3 Å². The van der Waals surface area contributed by atoms with E-state index in [0.717, 1.165) is 0 Å². The fraction of sp³-hybridized carbons (Fsp3) is 0.353. The van der Waals surface area contributed by atoms with Crippen molar-refractivity contribution < 1.29 is 9.13 Å². The maximum absolute atomic E-state index is 13.9. The zero-order valence-electron chi connectivity index (χ0n) is 14.1. The smallest absolute Gasteiger partial charge is 0.274 e. The SMILES string of the molecule is COc1ccc(Cn2c(C)nc3nc(C(C)C)cc(=O)n32)cc1F. The Morgan fingerprint density at radius 2 is 2.00 bits per heavy atom. The minimum absolute atomic E-state index is 0.142. The molecule has 6 nitrogen and oxygen atoms in total. The summed E-state index contributed by atoms with van der Waals surface area (Å²) in [4.78, 5) is 21.3. The third kappa shape index (κ3) is 2.77. The molecule has 0 unspecified atom stereocenters. The predicted octanol–water partition coefficient (Wildman–Crippen LogP) is 2.52. The summed E-state index contributed by atoms with van der Waals surface area (Å²) in [5, 5.41) is 0. The van der Waals surface area contributed by atoms with Gasteiger partial charge in [0.1, 0.15) is 5.82 Å². The highest BCUT2D eigenvalue weighted by molar-refractivity contribution is 5.32. The van der Waals surface area contributed by atoms with Crippen LogP contribution < -0.4 is 10.3 Å². The molecule has 0 N–H and O–H groups in total. The number of aromatic nitrogens is 4. The number of halogens is 1. The van der Waals surface area contributed by atoms with E-state index in [1.165, 1.54) is 23.8 Å². The van der Waals surface area contributed by atoms with Crippen LogP contribution in [0, 0.1) is 12.7 Å². The van der Waals surface area contributed by atoms with Crippen molar-refractivity contribution in [3.8, 4) is 5.75 Å². The Bertz CT molecular complexity index is 959. The molecule has 0 saturated carbocycles. The fourth-order valence-electron chi connectivity index (χ4n) is 2.59. The quantitative estimate of drug-likeness (QED) is 0.737. The third-order valence-electron chi connectivity index (χ3n) is 3.92. The highest BCUT2D eigenvalue weighted by atomic mass is 19.1. The van der Waals surface area contributed by atoms with Crippen LogP contribution in [0.3, 0.4) is 0 Å². The molecule has 0 spiro atoms. The van der Waals surface area contributed by atoms with Crippen molar-refractivity contribution >= 4 is 5.78 Å². The van der Waals surface area contributed by atoms with Crippen LogP contribution in [-0.2, 0) is 6.54 Å². The van der Waals surface area contributed by atoms with Gasteiger partial charge in [-0.3, -0.25) is 9.48 Å². The highest BCUT2D eigenvalue weighted by Crippen LogP contribution is 2.19. The molecule has 126 valence electrons. The van der Waals surface area contributed by atoms with E-state index in [4.69, 9.17) is 4.74 Å². The first-order chi connectivity index (χ1) is 11.4. The van der Waals surface area contributed by atoms with Crippen LogP contribution in [0.2, 0.25) is 0 Å². The van der Waals surface area contributed by atoms with Crippen LogP contribution in [0.5, 0.6) is 5.75 Å². The van der Waals surface area contributed by atoms with Gasteiger partial charge in [0.2, 0.25) is 0 Å². The van der Waals surface area contributed by atoms with E-state index >= 15 is 0 Å². The molecule has 0 aliphatic carbocycles. The summed E-state index contributed by atoms with van der Waals surface area (Å²) >= 11 is 0. The minimum Gasteiger partial charge on any atom is -0.494 e. The van der Waals surface area contributed by atoms with E-state index in [1.807, 2.05) is 13.8 Å². The van der Waals surface area contributed by atoms with Crippen LogP contribution in [0.15, 0.2) is 29.1 Å². The van der Waals surface area contributed by atoms with Gasteiger partial charge >= 0.3 is 0 Å². The third-order valence-corrected chi connectivity index (χ3v) is 3.92. The highest BCUT2D eigenvalue weighted by Gasteiger charge is 2.14. The molecule has 24 heavy (non-hydrogen) atoms. The van der Waals surface area contributed by atoms with E-state index in [2.05, 4.69) is 9.97 Å². The predicted molar refractivity (Wildman–Crippen MR) is 88.1 cm³/mol. The van der Waals surface area contributed by atoms with Crippen molar-refractivity contribution in [1.29, 1.82) is 0 Å². The van der Waals surface area contributed by atoms with Gasteiger partial charge < -0.3 is 4.74 Å². The molecule has 3 rings (SSSR count). The molecule has 0 amide bonds. The Hall–Kier alpha value is -2.70. The standard InChI is InChI=1S/C17H19FN4O2/c1-10(2)14-8-16(23)22-17(20-14)19-11(3)21(22)9-12-5-6-15(24-4)13(18)7-12/h5-8,10H,9H2,1-4H3. The molecule has 3 aromatic rings.